The summed E-state index contributed by atoms with van der Waals surface area (Å²) in [4.78, 5) is 14.4. The molecule has 4 aromatic carbocycles. The summed E-state index contributed by atoms with van der Waals surface area (Å²) in [5.74, 6) is 0.535. The number of nitrogens with one attached hydrogen (secondary N) is 1. The Balaban J connectivity index is 1.57. The lowest BCUT2D eigenvalue weighted by Gasteiger charge is -2.43. The third kappa shape index (κ3) is 9.10. The van der Waals surface area contributed by atoms with E-state index in [9.17, 15) is 18.0 Å². The summed E-state index contributed by atoms with van der Waals surface area (Å²) >= 11 is 6.40. The topological polar surface area (TPSA) is 50.8 Å². The summed E-state index contributed by atoms with van der Waals surface area (Å²) in [6.07, 6.45) is -3.76. The molecular weight excluding hydrogens is 601 g/mol. The molecule has 0 saturated carbocycles. The summed E-state index contributed by atoms with van der Waals surface area (Å²) in [6.45, 7) is 4.00. The molecule has 0 aliphatic rings. The molecule has 0 aromatic heterocycles. The van der Waals surface area contributed by atoms with Gasteiger partial charge in [-0.15, -0.1) is 0 Å². The van der Waals surface area contributed by atoms with Crippen molar-refractivity contribution in [3.63, 3.8) is 0 Å². The van der Waals surface area contributed by atoms with Crippen molar-refractivity contribution in [1.29, 1.82) is 0 Å². The highest BCUT2D eigenvalue weighted by molar-refractivity contribution is 6.32. The van der Waals surface area contributed by atoms with Crippen LogP contribution in [0.1, 0.15) is 41.2 Å². The third-order valence-corrected chi connectivity index (χ3v) is 8.23. The van der Waals surface area contributed by atoms with Crippen molar-refractivity contribution in [1.82, 2.24) is 10.2 Å². The van der Waals surface area contributed by atoms with Crippen LogP contribution in [0, 0.1) is 0 Å². The van der Waals surface area contributed by atoms with Gasteiger partial charge in [0.25, 0.3) is 0 Å². The number of amides is 1. The molecular formula is C36H38ClF3N2O3. The summed E-state index contributed by atoms with van der Waals surface area (Å²) < 4.78 is 52.4. The first kappa shape index (κ1) is 34.0. The maximum atomic E-state index is 13.8. The van der Waals surface area contributed by atoms with Gasteiger partial charge in [0.05, 0.1) is 35.8 Å². The number of carbonyl (C=O) groups is 1. The van der Waals surface area contributed by atoms with Gasteiger partial charge in [0.1, 0.15) is 5.75 Å². The summed E-state index contributed by atoms with van der Waals surface area (Å²) in [5, 5.41) is 2.52. The Morgan fingerprint density at radius 1 is 0.867 bits per heavy atom. The maximum Gasteiger partial charge on any atom is 0.417 e. The molecule has 0 bridgehead atoms. The van der Waals surface area contributed by atoms with Gasteiger partial charge in [-0.2, -0.15) is 13.2 Å². The standard InChI is InChI=1S/C36H38ClF3N2O3/c1-35(29-14-5-3-6-15-29,30-16-7-4-8-17-30)42(26-28-13-10-19-32(34(28)37)36(38,39)40)21-11-22-45-31-18-9-12-27(24-31)25-33(43)41-20-23-44-2/h3-10,12-19,24H,11,20-23,25-26H2,1-2H3,(H,41,43). The van der Waals surface area contributed by atoms with Crippen molar-refractivity contribution in [2.45, 2.75) is 38.0 Å². The highest BCUT2D eigenvalue weighted by Crippen LogP contribution is 2.40. The number of methoxy groups -OCH3 is 1. The van der Waals surface area contributed by atoms with Crippen LogP contribution in [0.5, 0.6) is 5.75 Å². The Morgan fingerprint density at radius 2 is 1.51 bits per heavy atom. The molecule has 0 saturated heterocycles. The number of nitrogens with zero attached hydrogens (tertiary/aromatic N) is 1. The molecule has 0 aliphatic carbocycles. The monoisotopic (exact) mass is 638 g/mol. The summed E-state index contributed by atoms with van der Waals surface area (Å²) in [5.41, 5.74) is 1.66. The van der Waals surface area contributed by atoms with Crippen molar-refractivity contribution in [3.05, 3.63) is 136 Å². The van der Waals surface area contributed by atoms with Crippen LogP contribution in [0.15, 0.2) is 103 Å². The van der Waals surface area contributed by atoms with Gasteiger partial charge in [-0.1, -0.05) is 96.5 Å². The SMILES string of the molecule is COCCNC(=O)Cc1cccc(OCCCN(Cc2cccc(C(F)(F)F)c2Cl)C(C)(c2ccccc2)c2ccccc2)c1. The Hall–Kier alpha value is -3.85. The molecule has 1 N–H and O–H groups in total. The predicted octanol–water partition coefficient (Wildman–Crippen LogP) is 7.90. The van der Waals surface area contributed by atoms with E-state index < -0.39 is 17.3 Å². The Bertz CT molecular complexity index is 1480. The van der Waals surface area contributed by atoms with E-state index in [1.165, 1.54) is 6.07 Å². The largest absolute Gasteiger partial charge is 0.494 e. The third-order valence-electron chi connectivity index (χ3n) is 7.78. The first-order chi connectivity index (χ1) is 21.6. The second-order valence-corrected chi connectivity index (χ2v) is 11.2. The number of halogens is 4. The zero-order valence-corrected chi connectivity index (χ0v) is 26.2. The molecule has 0 atom stereocenters. The molecule has 4 aromatic rings. The molecule has 9 heteroatoms. The van der Waals surface area contributed by atoms with Crippen molar-refractivity contribution in [3.8, 4) is 5.75 Å². The van der Waals surface area contributed by atoms with Crippen LogP contribution in [0.3, 0.4) is 0 Å². The van der Waals surface area contributed by atoms with Gasteiger partial charge in [0.2, 0.25) is 5.91 Å². The molecule has 0 heterocycles. The van der Waals surface area contributed by atoms with E-state index in [1.807, 2.05) is 84.9 Å². The molecule has 5 nitrogen and oxygen atoms in total. The van der Waals surface area contributed by atoms with E-state index >= 15 is 0 Å². The fraction of sp³-hybridized carbons (Fsp3) is 0.306. The first-order valence-electron chi connectivity index (χ1n) is 14.8. The molecule has 0 aliphatic heterocycles. The number of hydrogen-bond donors (Lipinski definition) is 1. The highest BCUT2D eigenvalue weighted by atomic mass is 35.5. The van der Waals surface area contributed by atoms with Crippen molar-refractivity contribution in [2.24, 2.45) is 0 Å². The Labute approximate surface area is 267 Å². The van der Waals surface area contributed by atoms with Crippen molar-refractivity contribution < 1.29 is 27.4 Å². The second kappa shape index (κ2) is 15.9. The summed E-state index contributed by atoms with van der Waals surface area (Å²) in [6, 6.07) is 31.3. The van der Waals surface area contributed by atoms with Crippen molar-refractivity contribution in [2.75, 3.05) is 33.4 Å². The van der Waals surface area contributed by atoms with E-state index in [0.29, 0.717) is 44.0 Å². The minimum atomic E-state index is -4.56. The highest BCUT2D eigenvalue weighted by Gasteiger charge is 2.37. The lowest BCUT2D eigenvalue weighted by molar-refractivity contribution is -0.137. The van der Waals surface area contributed by atoms with Crippen LogP contribution in [0.25, 0.3) is 0 Å². The number of alkyl halides is 3. The van der Waals surface area contributed by atoms with Gasteiger partial charge < -0.3 is 14.8 Å². The molecule has 4 rings (SSSR count). The van der Waals surface area contributed by atoms with Crippen LogP contribution < -0.4 is 10.1 Å². The molecule has 0 fully saturated rings. The van der Waals surface area contributed by atoms with E-state index in [-0.39, 0.29) is 23.9 Å². The molecule has 0 spiro atoms. The van der Waals surface area contributed by atoms with E-state index in [1.54, 1.807) is 13.2 Å². The van der Waals surface area contributed by atoms with Gasteiger partial charge >= 0.3 is 6.18 Å². The number of carbonyl (C=O) groups excluding carboxylic acids is 1. The van der Waals surface area contributed by atoms with Gasteiger partial charge in [0.15, 0.2) is 0 Å². The van der Waals surface area contributed by atoms with Crippen LogP contribution >= 0.6 is 11.6 Å². The van der Waals surface area contributed by atoms with Gasteiger partial charge in [-0.3, -0.25) is 9.69 Å². The lowest BCUT2D eigenvalue weighted by Crippen LogP contribution is -2.45. The van der Waals surface area contributed by atoms with Crippen LogP contribution in [-0.2, 0) is 34.2 Å². The van der Waals surface area contributed by atoms with E-state index in [0.717, 1.165) is 22.8 Å². The number of ether oxygens (including phenoxy) is 2. The number of rotatable bonds is 15. The fourth-order valence-electron chi connectivity index (χ4n) is 5.38. The second-order valence-electron chi connectivity index (χ2n) is 10.9. The molecule has 0 unspecified atom stereocenters. The Morgan fingerprint density at radius 3 is 2.13 bits per heavy atom. The molecule has 45 heavy (non-hydrogen) atoms. The van der Waals surface area contributed by atoms with Crippen LogP contribution in [0.2, 0.25) is 5.02 Å². The van der Waals surface area contributed by atoms with Gasteiger partial charge in [-0.05, 0) is 53.8 Å². The number of hydrogen-bond acceptors (Lipinski definition) is 4. The van der Waals surface area contributed by atoms with Gasteiger partial charge in [-0.25, -0.2) is 0 Å². The molecule has 0 radical (unpaired) electrons. The quantitative estimate of drug-likeness (QED) is 0.135. The molecule has 1 amide bonds. The minimum absolute atomic E-state index is 0.103. The predicted molar refractivity (Wildman–Crippen MR) is 171 cm³/mol. The fourth-order valence-corrected chi connectivity index (χ4v) is 5.67. The Kier molecular flexibility index (Phi) is 12.0. The smallest absolute Gasteiger partial charge is 0.417 e. The number of benzene rings is 4. The summed E-state index contributed by atoms with van der Waals surface area (Å²) in [7, 11) is 1.58. The average Bonchev–Trinajstić information content (AvgIpc) is 3.03. The van der Waals surface area contributed by atoms with E-state index in [2.05, 4.69) is 17.1 Å². The van der Waals surface area contributed by atoms with Crippen LogP contribution in [0.4, 0.5) is 13.2 Å². The normalized spacial score (nSPS) is 11.9. The average molecular weight is 639 g/mol. The van der Waals surface area contributed by atoms with E-state index in [4.69, 9.17) is 21.1 Å². The van der Waals surface area contributed by atoms with Crippen molar-refractivity contribution >= 4 is 17.5 Å². The lowest BCUT2D eigenvalue weighted by atomic mass is 9.82. The minimum Gasteiger partial charge on any atom is -0.494 e. The van der Waals surface area contributed by atoms with Gasteiger partial charge in [0, 0.05) is 26.7 Å². The maximum absolute atomic E-state index is 13.8. The molecule has 238 valence electrons. The zero-order chi connectivity index (χ0) is 32.3. The first-order valence-corrected chi connectivity index (χ1v) is 15.2. The van der Waals surface area contributed by atoms with Crippen LogP contribution in [-0.4, -0.2) is 44.2 Å². The zero-order valence-electron chi connectivity index (χ0n) is 25.4.